The molecule has 0 aromatic carbocycles. The molecule has 0 saturated heterocycles. The average Bonchev–Trinajstić information content (AvgIpc) is 3.06. The topological polar surface area (TPSA) is 94.1 Å². The minimum Gasteiger partial charge on any atom is -0.429 e. The van der Waals surface area contributed by atoms with Gasteiger partial charge in [-0.15, -0.1) is 0 Å². The number of ether oxygens (including phenoxy) is 1. The number of pyridine rings is 2. The molecule has 0 fully saturated rings. The highest BCUT2D eigenvalue weighted by atomic mass is 33.1. The van der Waals surface area contributed by atoms with E-state index in [0.29, 0.717) is 27.3 Å². The molecular formula is C17H17FN4O3S3. The van der Waals surface area contributed by atoms with Gasteiger partial charge in [0.1, 0.15) is 0 Å². The summed E-state index contributed by atoms with van der Waals surface area (Å²) in [6, 6.07) is 1.50. The molecule has 0 saturated carbocycles. The fraction of sp³-hybridized carbons (Fsp3) is 0.235. The Kier molecular flexibility index (Phi) is 6.16. The van der Waals surface area contributed by atoms with Crippen molar-refractivity contribution in [1.29, 1.82) is 0 Å². The molecule has 0 amide bonds. The summed E-state index contributed by atoms with van der Waals surface area (Å²) in [7, 11) is -3.14. The van der Waals surface area contributed by atoms with Crippen LogP contribution in [0.1, 0.15) is 21.6 Å². The van der Waals surface area contributed by atoms with Crippen molar-refractivity contribution in [2.75, 3.05) is 11.0 Å². The minimum absolute atomic E-state index is 0.204. The molecule has 0 radical (unpaired) electrons. The van der Waals surface area contributed by atoms with Gasteiger partial charge in [0, 0.05) is 29.9 Å². The van der Waals surface area contributed by atoms with Crippen molar-refractivity contribution in [1.82, 2.24) is 15.0 Å². The quantitative estimate of drug-likeness (QED) is 0.553. The maximum atomic E-state index is 14.7. The van der Waals surface area contributed by atoms with Gasteiger partial charge in [-0.25, -0.2) is 14.4 Å². The molecule has 3 heterocycles. The second kappa shape index (κ2) is 8.41. The van der Waals surface area contributed by atoms with Crippen molar-refractivity contribution in [3.8, 4) is 10.9 Å². The summed E-state index contributed by atoms with van der Waals surface area (Å²) in [5, 5.41) is 0.503. The number of thiazole rings is 1. The number of hydrogen-bond donors (Lipinski definition) is 1. The monoisotopic (exact) mass is 440 g/mol. The van der Waals surface area contributed by atoms with Gasteiger partial charge in [0.15, 0.2) is 17.4 Å². The molecule has 11 heteroatoms. The van der Waals surface area contributed by atoms with Crippen LogP contribution in [0.25, 0.3) is 0 Å². The second-order valence-electron chi connectivity index (χ2n) is 5.79. The number of nitrogens with zero attached hydrogens (tertiary/aromatic N) is 3. The van der Waals surface area contributed by atoms with Crippen molar-refractivity contribution < 1.29 is 17.5 Å². The Morgan fingerprint density at radius 3 is 2.68 bits per heavy atom. The number of hydrogen-bond acceptors (Lipinski definition) is 8. The molecule has 0 unspecified atom stereocenters. The molecule has 1 N–H and O–H groups in total. The number of anilines is 1. The van der Waals surface area contributed by atoms with Crippen molar-refractivity contribution in [3.05, 3.63) is 58.2 Å². The largest absolute Gasteiger partial charge is 0.429 e. The molecule has 3 aromatic rings. The van der Waals surface area contributed by atoms with Crippen molar-refractivity contribution >= 4 is 37.0 Å². The van der Waals surface area contributed by atoms with Gasteiger partial charge >= 0.3 is 0 Å². The zero-order valence-electron chi connectivity index (χ0n) is 15.3. The van der Waals surface area contributed by atoms with Crippen molar-refractivity contribution in [2.45, 2.75) is 20.3 Å². The highest BCUT2D eigenvalue weighted by Gasteiger charge is 2.17. The van der Waals surface area contributed by atoms with E-state index in [0.717, 1.165) is 16.0 Å². The zero-order valence-corrected chi connectivity index (χ0v) is 17.7. The summed E-state index contributed by atoms with van der Waals surface area (Å²) in [5.41, 5.74) is 1.83. The van der Waals surface area contributed by atoms with Crippen LogP contribution < -0.4 is 9.46 Å². The van der Waals surface area contributed by atoms with E-state index in [1.165, 1.54) is 29.9 Å². The third kappa shape index (κ3) is 4.78. The standard InChI is InChI=1S/C17H17FN4O3S3/c1-10-7-21-17(27-10)25-14-9-19-8-13(11(14)2)6-12-4-5-20-16(15(12)18)22-28(23,24)26-3/h4-5,7-9H,6H2,1-3H3,(H,20,22). The third-order valence-electron chi connectivity index (χ3n) is 3.86. The van der Waals surface area contributed by atoms with Crippen LogP contribution >= 0.6 is 22.1 Å². The summed E-state index contributed by atoms with van der Waals surface area (Å²) in [5.74, 6) is -0.519. The second-order valence-corrected chi connectivity index (χ2v) is 10.8. The SMILES string of the molecule is CSS(=O)(=O)Nc1nccc(Cc2cncc(Oc3ncc(C)s3)c2C)c1F. The number of nitrogens with one attached hydrogen (secondary N) is 1. The van der Waals surface area contributed by atoms with Crippen LogP contribution in [0.15, 0.2) is 30.9 Å². The first-order chi connectivity index (χ1) is 13.3. The summed E-state index contributed by atoms with van der Waals surface area (Å²) in [6.07, 6.45) is 7.87. The zero-order chi connectivity index (χ0) is 20.3. The van der Waals surface area contributed by atoms with E-state index >= 15 is 0 Å². The van der Waals surface area contributed by atoms with Gasteiger partial charge in [-0.3, -0.25) is 9.71 Å². The summed E-state index contributed by atoms with van der Waals surface area (Å²) in [4.78, 5) is 13.1. The molecule has 0 aliphatic rings. The van der Waals surface area contributed by atoms with Gasteiger partial charge in [0.2, 0.25) is 0 Å². The first kappa shape index (κ1) is 20.5. The number of rotatable bonds is 7. The predicted octanol–water partition coefficient (Wildman–Crippen LogP) is 4.09. The Morgan fingerprint density at radius 1 is 1.21 bits per heavy atom. The normalized spacial score (nSPS) is 11.4. The van der Waals surface area contributed by atoms with E-state index < -0.39 is 14.9 Å². The Balaban J connectivity index is 1.87. The first-order valence-corrected chi connectivity index (χ1v) is 12.1. The lowest BCUT2D eigenvalue weighted by Gasteiger charge is -2.12. The molecule has 0 atom stereocenters. The van der Waals surface area contributed by atoms with Gasteiger partial charge in [-0.2, -0.15) is 8.42 Å². The summed E-state index contributed by atoms with van der Waals surface area (Å²) in [6.45, 7) is 3.78. The van der Waals surface area contributed by atoms with Gasteiger partial charge in [-0.05, 0) is 53.7 Å². The lowest BCUT2D eigenvalue weighted by molar-refractivity contribution is 0.472. The third-order valence-corrected chi connectivity index (χ3v) is 7.10. The molecule has 148 valence electrons. The Morgan fingerprint density at radius 2 is 2.00 bits per heavy atom. The first-order valence-electron chi connectivity index (χ1n) is 8.04. The van der Waals surface area contributed by atoms with Crippen LogP contribution in [0.2, 0.25) is 0 Å². The van der Waals surface area contributed by atoms with E-state index in [1.54, 1.807) is 18.6 Å². The summed E-state index contributed by atoms with van der Waals surface area (Å²) < 4.78 is 46.0. The highest BCUT2D eigenvalue weighted by molar-refractivity contribution is 8.72. The molecular weight excluding hydrogens is 423 g/mol. The smallest absolute Gasteiger partial charge is 0.287 e. The van der Waals surface area contributed by atoms with Gasteiger partial charge in [0.25, 0.3) is 14.2 Å². The van der Waals surface area contributed by atoms with Crippen LogP contribution in [-0.4, -0.2) is 29.6 Å². The molecule has 0 spiro atoms. The fourth-order valence-electron chi connectivity index (χ4n) is 2.36. The van der Waals surface area contributed by atoms with Crippen LogP contribution in [0.3, 0.4) is 0 Å². The predicted molar refractivity (Wildman–Crippen MR) is 109 cm³/mol. The lowest BCUT2D eigenvalue weighted by Crippen LogP contribution is -2.11. The van der Waals surface area contributed by atoms with E-state index in [1.807, 2.05) is 13.8 Å². The van der Waals surface area contributed by atoms with Gasteiger partial charge in [0.05, 0.1) is 6.20 Å². The summed E-state index contributed by atoms with van der Waals surface area (Å²) >= 11 is 1.42. The highest BCUT2D eigenvalue weighted by Crippen LogP contribution is 2.30. The van der Waals surface area contributed by atoms with Gasteiger partial charge in [-0.1, -0.05) is 11.3 Å². The number of aromatic nitrogens is 3. The number of halogens is 1. The Bertz CT molecular complexity index is 1100. The van der Waals surface area contributed by atoms with Gasteiger partial charge < -0.3 is 4.74 Å². The maximum Gasteiger partial charge on any atom is 0.287 e. The Labute approximate surface area is 169 Å². The minimum atomic E-state index is -3.71. The molecule has 3 aromatic heterocycles. The molecule has 28 heavy (non-hydrogen) atoms. The van der Waals surface area contributed by atoms with Crippen LogP contribution in [0.5, 0.6) is 10.9 Å². The van der Waals surface area contributed by atoms with Crippen molar-refractivity contribution in [3.63, 3.8) is 0 Å². The number of aryl methyl sites for hydroxylation is 1. The van der Waals surface area contributed by atoms with Crippen LogP contribution in [-0.2, 0) is 15.5 Å². The lowest BCUT2D eigenvalue weighted by atomic mass is 10.0. The average molecular weight is 441 g/mol. The van der Waals surface area contributed by atoms with Crippen LogP contribution in [0, 0.1) is 19.7 Å². The fourth-order valence-corrected chi connectivity index (χ4v) is 3.93. The van der Waals surface area contributed by atoms with Crippen molar-refractivity contribution in [2.24, 2.45) is 0 Å². The molecule has 0 bridgehead atoms. The molecule has 3 rings (SSSR count). The molecule has 0 aliphatic heterocycles. The van der Waals surface area contributed by atoms with E-state index in [4.69, 9.17) is 4.74 Å². The van der Waals surface area contributed by atoms with E-state index in [-0.39, 0.29) is 12.2 Å². The van der Waals surface area contributed by atoms with Crippen LogP contribution in [0.4, 0.5) is 10.2 Å². The van der Waals surface area contributed by atoms with E-state index in [9.17, 15) is 12.8 Å². The molecule has 0 aliphatic carbocycles. The maximum absolute atomic E-state index is 14.7. The van der Waals surface area contributed by atoms with E-state index in [2.05, 4.69) is 19.7 Å². The Hall–Kier alpha value is -2.24. The molecule has 7 nitrogen and oxygen atoms in total.